The molecule has 0 N–H and O–H groups in total. The zero-order valence-electron chi connectivity index (χ0n) is 12.6. The van der Waals surface area contributed by atoms with Gasteiger partial charge < -0.3 is 0 Å². The van der Waals surface area contributed by atoms with E-state index in [2.05, 4.69) is 29.2 Å². The fraction of sp³-hybridized carbons (Fsp3) is 0.333. The SMILES string of the molecule is O=S1(=O)CC[C@H](N(Cc2ccccc2)Cc2ccccc2)C1. The summed E-state index contributed by atoms with van der Waals surface area (Å²) in [6, 6.07) is 20.6. The molecule has 3 rings (SSSR count). The third-order valence-electron chi connectivity index (χ3n) is 4.18. The second kappa shape index (κ2) is 6.63. The van der Waals surface area contributed by atoms with E-state index in [1.807, 2.05) is 36.4 Å². The molecule has 1 atom stereocenters. The highest BCUT2D eigenvalue weighted by molar-refractivity contribution is 7.91. The number of rotatable bonds is 5. The van der Waals surface area contributed by atoms with Crippen molar-refractivity contribution in [1.82, 2.24) is 4.90 Å². The van der Waals surface area contributed by atoms with Crippen LogP contribution in [0.5, 0.6) is 0 Å². The molecule has 0 aromatic heterocycles. The van der Waals surface area contributed by atoms with E-state index in [0.717, 1.165) is 19.5 Å². The number of hydrogen-bond acceptors (Lipinski definition) is 3. The first-order valence-corrected chi connectivity index (χ1v) is 9.47. The first-order valence-electron chi connectivity index (χ1n) is 7.65. The molecule has 0 unspecified atom stereocenters. The van der Waals surface area contributed by atoms with E-state index in [1.165, 1.54) is 11.1 Å². The van der Waals surface area contributed by atoms with Gasteiger partial charge in [-0.15, -0.1) is 0 Å². The van der Waals surface area contributed by atoms with Crippen molar-refractivity contribution in [3.63, 3.8) is 0 Å². The number of nitrogens with zero attached hydrogens (tertiary/aromatic N) is 1. The quantitative estimate of drug-likeness (QED) is 0.851. The maximum Gasteiger partial charge on any atom is 0.151 e. The lowest BCUT2D eigenvalue weighted by molar-refractivity contribution is 0.194. The molecule has 1 aliphatic rings. The van der Waals surface area contributed by atoms with E-state index in [0.29, 0.717) is 5.75 Å². The van der Waals surface area contributed by atoms with Gasteiger partial charge in [-0.25, -0.2) is 8.42 Å². The largest absolute Gasteiger partial charge is 0.291 e. The van der Waals surface area contributed by atoms with Crippen LogP contribution < -0.4 is 0 Å². The second-order valence-electron chi connectivity index (χ2n) is 5.93. The number of sulfone groups is 1. The summed E-state index contributed by atoms with van der Waals surface area (Å²) in [6.07, 6.45) is 0.738. The van der Waals surface area contributed by atoms with Gasteiger partial charge in [-0.2, -0.15) is 0 Å². The zero-order valence-corrected chi connectivity index (χ0v) is 13.4. The smallest absolute Gasteiger partial charge is 0.151 e. The fourth-order valence-electron chi connectivity index (χ4n) is 3.01. The molecular formula is C18H21NO2S. The summed E-state index contributed by atoms with van der Waals surface area (Å²) in [5, 5.41) is 0. The van der Waals surface area contributed by atoms with Gasteiger partial charge >= 0.3 is 0 Å². The molecule has 22 heavy (non-hydrogen) atoms. The molecule has 2 aromatic carbocycles. The average molecular weight is 315 g/mol. The molecule has 1 saturated heterocycles. The molecule has 0 spiro atoms. The molecule has 3 nitrogen and oxygen atoms in total. The molecule has 0 radical (unpaired) electrons. The van der Waals surface area contributed by atoms with Crippen LogP contribution in [0.25, 0.3) is 0 Å². The van der Waals surface area contributed by atoms with E-state index in [4.69, 9.17) is 0 Å². The van der Waals surface area contributed by atoms with E-state index >= 15 is 0 Å². The van der Waals surface area contributed by atoms with Gasteiger partial charge in [-0.05, 0) is 17.5 Å². The molecule has 1 fully saturated rings. The molecule has 0 amide bonds. The highest BCUT2D eigenvalue weighted by Gasteiger charge is 2.32. The van der Waals surface area contributed by atoms with Crippen molar-refractivity contribution < 1.29 is 8.42 Å². The summed E-state index contributed by atoms with van der Waals surface area (Å²) >= 11 is 0. The lowest BCUT2D eigenvalue weighted by Crippen LogP contribution is -2.35. The van der Waals surface area contributed by atoms with Crippen LogP contribution in [0.15, 0.2) is 60.7 Å². The van der Waals surface area contributed by atoms with Crippen LogP contribution in [0.4, 0.5) is 0 Å². The number of hydrogen-bond donors (Lipinski definition) is 0. The van der Waals surface area contributed by atoms with Gasteiger partial charge in [0.2, 0.25) is 0 Å². The normalized spacial score (nSPS) is 20.3. The Morgan fingerprint density at radius 2 is 1.36 bits per heavy atom. The minimum Gasteiger partial charge on any atom is -0.291 e. The minimum atomic E-state index is -2.87. The van der Waals surface area contributed by atoms with E-state index in [1.54, 1.807) is 0 Å². The van der Waals surface area contributed by atoms with Gasteiger partial charge in [0.1, 0.15) is 0 Å². The third-order valence-corrected chi connectivity index (χ3v) is 5.93. The summed E-state index contributed by atoms with van der Waals surface area (Å²) < 4.78 is 23.6. The Hall–Kier alpha value is -1.65. The van der Waals surface area contributed by atoms with E-state index < -0.39 is 9.84 Å². The second-order valence-corrected chi connectivity index (χ2v) is 8.16. The Bertz CT molecular complexity index is 657. The summed E-state index contributed by atoms with van der Waals surface area (Å²) in [5.74, 6) is 0.602. The first kappa shape index (κ1) is 15.3. The summed E-state index contributed by atoms with van der Waals surface area (Å²) in [5.41, 5.74) is 2.45. The van der Waals surface area contributed by atoms with Crippen LogP contribution in [0.3, 0.4) is 0 Å². The molecule has 116 valence electrons. The minimum absolute atomic E-state index is 0.116. The molecule has 1 aliphatic heterocycles. The first-order chi connectivity index (χ1) is 10.6. The Labute approximate surface area is 132 Å². The molecule has 1 heterocycles. The predicted octanol–water partition coefficient (Wildman–Crippen LogP) is 2.88. The average Bonchev–Trinajstić information content (AvgIpc) is 2.89. The molecule has 0 saturated carbocycles. The molecule has 0 bridgehead atoms. The van der Waals surface area contributed by atoms with Crippen molar-refractivity contribution in [1.29, 1.82) is 0 Å². The number of benzene rings is 2. The van der Waals surface area contributed by atoms with Crippen molar-refractivity contribution in [3.05, 3.63) is 71.8 Å². The molecule has 4 heteroatoms. The summed E-state index contributed by atoms with van der Waals surface area (Å²) in [6.45, 7) is 1.58. The standard InChI is InChI=1S/C18H21NO2S/c20-22(21)12-11-18(15-22)19(13-16-7-3-1-4-8-16)14-17-9-5-2-6-10-17/h1-10,18H,11-15H2/t18-/m0/s1. The van der Waals surface area contributed by atoms with Crippen molar-refractivity contribution in [2.24, 2.45) is 0 Å². The van der Waals surface area contributed by atoms with Crippen LogP contribution in [0.1, 0.15) is 17.5 Å². The Balaban J connectivity index is 1.79. The van der Waals surface area contributed by atoms with Gasteiger partial charge in [0.25, 0.3) is 0 Å². The summed E-state index contributed by atoms with van der Waals surface area (Å²) in [7, 11) is -2.87. The van der Waals surface area contributed by atoms with Crippen LogP contribution in [-0.2, 0) is 22.9 Å². The van der Waals surface area contributed by atoms with Crippen molar-refractivity contribution in [2.45, 2.75) is 25.6 Å². The van der Waals surface area contributed by atoms with Crippen LogP contribution in [0.2, 0.25) is 0 Å². The highest BCUT2D eigenvalue weighted by Crippen LogP contribution is 2.22. The molecule has 0 aliphatic carbocycles. The van der Waals surface area contributed by atoms with Crippen LogP contribution in [0, 0.1) is 0 Å². The molecular weight excluding hydrogens is 294 g/mol. The zero-order chi connectivity index (χ0) is 15.4. The van der Waals surface area contributed by atoms with E-state index in [-0.39, 0.29) is 11.8 Å². The van der Waals surface area contributed by atoms with Gasteiger partial charge in [0, 0.05) is 19.1 Å². The van der Waals surface area contributed by atoms with Gasteiger partial charge in [-0.1, -0.05) is 60.7 Å². The van der Waals surface area contributed by atoms with Crippen LogP contribution in [-0.4, -0.2) is 30.9 Å². The van der Waals surface area contributed by atoms with Crippen molar-refractivity contribution in [2.75, 3.05) is 11.5 Å². The Morgan fingerprint density at radius 3 is 1.77 bits per heavy atom. The van der Waals surface area contributed by atoms with Gasteiger partial charge in [0.05, 0.1) is 11.5 Å². The van der Waals surface area contributed by atoms with E-state index in [9.17, 15) is 8.42 Å². The molecule has 2 aromatic rings. The highest BCUT2D eigenvalue weighted by atomic mass is 32.2. The Kier molecular flexibility index (Phi) is 4.60. The van der Waals surface area contributed by atoms with Gasteiger partial charge in [-0.3, -0.25) is 4.90 Å². The topological polar surface area (TPSA) is 37.4 Å². The maximum atomic E-state index is 11.8. The Morgan fingerprint density at radius 1 is 0.864 bits per heavy atom. The van der Waals surface area contributed by atoms with Crippen LogP contribution >= 0.6 is 0 Å². The predicted molar refractivity (Wildman–Crippen MR) is 89.2 cm³/mol. The fourth-order valence-corrected chi connectivity index (χ4v) is 4.77. The monoisotopic (exact) mass is 315 g/mol. The van der Waals surface area contributed by atoms with Gasteiger partial charge in [0.15, 0.2) is 9.84 Å². The maximum absolute atomic E-state index is 11.8. The van der Waals surface area contributed by atoms with Crippen molar-refractivity contribution >= 4 is 9.84 Å². The summed E-state index contributed by atoms with van der Waals surface area (Å²) in [4.78, 5) is 2.30. The third kappa shape index (κ3) is 3.96. The lowest BCUT2D eigenvalue weighted by Gasteiger charge is -2.28. The van der Waals surface area contributed by atoms with Crippen molar-refractivity contribution in [3.8, 4) is 0 Å². The lowest BCUT2D eigenvalue weighted by atomic mass is 10.1.